The number of anilines is 1. The number of nitrogens with zero attached hydrogens (tertiary/aromatic N) is 1. The van der Waals surface area contributed by atoms with Gasteiger partial charge < -0.3 is 10.4 Å². The molecule has 2 N–H and O–H groups in total. The Hall–Kier alpha value is -1.39. The zero-order valence-corrected chi connectivity index (χ0v) is 11.1. The number of nitrogens with one attached hydrogen (secondary N) is 1. The highest BCUT2D eigenvalue weighted by atomic mass is 16.3. The summed E-state index contributed by atoms with van der Waals surface area (Å²) in [4.78, 5) is 13.7. The maximum Gasteiger partial charge on any atom is 0.238 e. The van der Waals surface area contributed by atoms with Crippen LogP contribution in [0.25, 0.3) is 0 Å². The quantitative estimate of drug-likeness (QED) is 0.771. The van der Waals surface area contributed by atoms with Crippen LogP contribution in [0.5, 0.6) is 0 Å². The van der Waals surface area contributed by atoms with E-state index in [1.807, 2.05) is 36.1 Å². The highest BCUT2D eigenvalue weighted by Gasteiger charge is 2.08. The van der Waals surface area contributed by atoms with Crippen LogP contribution in [0.15, 0.2) is 24.3 Å². The molecule has 0 radical (unpaired) electrons. The zero-order valence-electron chi connectivity index (χ0n) is 11.1. The number of amides is 1. The summed E-state index contributed by atoms with van der Waals surface area (Å²) >= 11 is 0. The van der Waals surface area contributed by atoms with Gasteiger partial charge in [0.25, 0.3) is 0 Å². The topological polar surface area (TPSA) is 52.6 Å². The highest BCUT2D eigenvalue weighted by Crippen LogP contribution is 2.09. The Labute approximate surface area is 109 Å². The molecule has 0 aliphatic carbocycles. The van der Waals surface area contributed by atoms with Crippen LogP contribution in [0.4, 0.5) is 5.69 Å². The van der Waals surface area contributed by atoms with Crippen LogP contribution >= 0.6 is 0 Å². The van der Waals surface area contributed by atoms with Crippen molar-refractivity contribution in [2.75, 3.05) is 31.6 Å². The summed E-state index contributed by atoms with van der Waals surface area (Å²) < 4.78 is 0. The van der Waals surface area contributed by atoms with Crippen molar-refractivity contribution in [1.82, 2.24) is 4.90 Å². The van der Waals surface area contributed by atoms with E-state index in [-0.39, 0.29) is 12.5 Å². The van der Waals surface area contributed by atoms with E-state index in [2.05, 4.69) is 12.2 Å². The summed E-state index contributed by atoms with van der Waals surface area (Å²) in [6.07, 6.45) is 0.994. The van der Waals surface area contributed by atoms with Gasteiger partial charge >= 0.3 is 0 Å². The molecule has 0 aliphatic heterocycles. The van der Waals surface area contributed by atoms with E-state index >= 15 is 0 Å². The van der Waals surface area contributed by atoms with Crippen molar-refractivity contribution >= 4 is 11.6 Å². The fourth-order valence-corrected chi connectivity index (χ4v) is 1.72. The van der Waals surface area contributed by atoms with Crippen LogP contribution in [-0.4, -0.2) is 42.2 Å². The Balaban J connectivity index is 2.47. The zero-order chi connectivity index (χ0) is 13.4. The van der Waals surface area contributed by atoms with E-state index in [0.29, 0.717) is 13.1 Å². The molecule has 4 heteroatoms. The fourth-order valence-electron chi connectivity index (χ4n) is 1.72. The van der Waals surface area contributed by atoms with Crippen molar-refractivity contribution in [3.63, 3.8) is 0 Å². The number of rotatable bonds is 7. The number of hydrogen-bond donors (Lipinski definition) is 2. The molecule has 0 spiro atoms. The normalized spacial score (nSPS) is 10.7. The maximum absolute atomic E-state index is 11.8. The fraction of sp³-hybridized carbons (Fsp3) is 0.500. The van der Waals surface area contributed by atoms with E-state index < -0.39 is 0 Å². The number of carbonyl (C=O) groups is 1. The second-order valence-corrected chi connectivity index (χ2v) is 4.19. The van der Waals surface area contributed by atoms with E-state index in [1.54, 1.807) is 0 Å². The minimum Gasteiger partial charge on any atom is -0.395 e. The van der Waals surface area contributed by atoms with E-state index in [1.165, 1.54) is 5.56 Å². The van der Waals surface area contributed by atoms with Crippen molar-refractivity contribution in [2.45, 2.75) is 20.3 Å². The third-order valence-electron chi connectivity index (χ3n) is 2.88. The van der Waals surface area contributed by atoms with Gasteiger partial charge in [-0.3, -0.25) is 9.69 Å². The average Bonchev–Trinajstić information content (AvgIpc) is 2.39. The van der Waals surface area contributed by atoms with Crippen LogP contribution in [0.1, 0.15) is 19.4 Å². The summed E-state index contributed by atoms with van der Waals surface area (Å²) in [5.74, 6) is -0.0467. The van der Waals surface area contributed by atoms with Gasteiger partial charge in [-0.15, -0.1) is 0 Å². The lowest BCUT2D eigenvalue weighted by Crippen LogP contribution is -2.35. The van der Waals surface area contributed by atoms with Gasteiger partial charge in [-0.2, -0.15) is 0 Å². The second kappa shape index (κ2) is 7.84. The number of aryl methyl sites for hydroxylation is 1. The SMILES string of the molecule is CCc1ccc(NC(=O)CN(CC)CCO)cc1. The molecule has 0 saturated heterocycles. The van der Waals surface area contributed by atoms with Crippen molar-refractivity contribution in [1.29, 1.82) is 0 Å². The molecule has 4 nitrogen and oxygen atoms in total. The lowest BCUT2D eigenvalue weighted by atomic mass is 10.1. The number of aliphatic hydroxyl groups is 1. The summed E-state index contributed by atoms with van der Waals surface area (Å²) in [5, 5.41) is 11.7. The van der Waals surface area contributed by atoms with Crippen molar-refractivity contribution in [2.24, 2.45) is 0 Å². The smallest absolute Gasteiger partial charge is 0.238 e. The van der Waals surface area contributed by atoms with Gasteiger partial charge in [-0.25, -0.2) is 0 Å². The summed E-state index contributed by atoms with van der Waals surface area (Å²) in [6, 6.07) is 7.86. The van der Waals surface area contributed by atoms with Gasteiger partial charge in [-0.1, -0.05) is 26.0 Å². The molecule has 0 fully saturated rings. The number of hydrogen-bond acceptors (Lipinski definition) is 3. The lowest BCUT2D eigenvalue weighted by molar-refractivity contribution is -0.117. The molecule has 0 atom stereocenters. The van der Waals surface area contributed by atoms with E-state index in [9.17, 15) is 4.79 Å². The van der Waals surface area contributed by atoms with Gasteiger partial charge in [0, 0.05) is 12.2 Å². The van der Waals surface area contributed by atoms with Crippen molar-refractivity contribution in [3.05, 3.63) is 29.8 Å². The summed E-state index contributed by atoms with van der Waals surface area (Å²) in [5.41, 5.74) is 2.07. The predicted molar refractivity (Wildman–Crippen MR) is 73.6 cm³/mol. The summed E-state index contributed by atoms with van der Waals surface area (Å²) in [6.45, 7) is 5.74. The molecule has 100 valence electrons. The van der Waals surface area contributed by atoms with Crippen molar-refractivity contribution < 1.29 is 9.90 Å². The molecule has 0 saturated carbocycles. The lowest BCUT2D eigenvalue weighted by Gasteiger charge is -2.18. The van der Waals surface area contributed by atoms with E-state index in [0.717, 1.165) is 18.7 Å². The molecule has 0 bridgehead atoms. The predicted octanol–water partition coefficient (Wildman–Crippen LogP) is 1.50. The molecule has 0 heterocycles. The van der Waals surface area contributed by atoms with Crippen LogP contribution in [0.3, 0.4) is 0 Å². The first-order valence-electron chi connectivity index (χ1n) is 6.41. The van der Waals surface area contributed by atoms with Crippen LogP contribution in [-0.2, 0) is 11.2 Å². The molecular weight excluding hydrogens is 228 g/mol. The number of carbonyl (C=O) groups excluding carboxylic acids is 1. The Morgan fingerprint density at radius 3 is 2.44 bits per heavy atom. The van der Waals surface area contributed by atoms with Crippen LogP contribution in [0, 0.1) is 0 Å². The molecule has 0 unspecified atom stereocenters. The van der Waals surface area contributed by atoms with Gasteiger partial charge in [0.05, 0.1) is 13.2 Å². The van der Waals surface area contributed by atoms with Gasteiger partial charge in [-0.05, 0) is 30.7 Å². The Morgan fingerprint density at radius 1 is 1.28 bits per heavy atom. The third kappa shape index (κ3) is 4.85. The van der Waals surface area contributed by atoms with Gasteiger partial charge in [0.1, 0.15) is 0 Å². The van der Waals surface area contributed by atoms with Gasteiger partial charge in [0.2, 0.25) is 5.91 Å². The van der Waals surface area contributed by atoms with Gasteiger partial charge in [0.15, 0.2) is 0 Å². The minimum atomic E-state index is -0.0467. The second-order valence-electron chi connectivity index (χ2n) is 4.19. The Kier molecular flexibility index (Phi) is 6.39. The number of benzene rings is 1. The highest BCUT2D eigenvalue weighted by molar-refractivity contribution is 5.92. The first kappa shape index (κ1) is 14.7. The van der Waals surface area contributed by atoms with Crippen molar-refractivity contribution in [3.8, 4) is 0 Å². The first-order valence-corrected chi connectivity index (χ1v) is 6.41. The number of aliphatic hydroxyl groups excluding tert-OH is 1. The molecular formula is C14H22N2O2. The molecule has 1 aromatic rings. The largest absolute Gasteiger partial charge is 0.395 e. The molecule has 0 aromatic heterocycles. The molecule has 0 aliphatic rings. The first-order chi connectivity index (χ1) is 8.69. The van der Waals surface area contributed by atoms with Crippen LogP contribution in [0.2, 0.25) is 0 Å². The van der Waals surface area contributed by atoms with E-state index in [4.69, 9.17) is 5.11 Å². The average molecular weight is 250 g/mol. The maximum atomic E-state index is 11.8. The molecule has 1 rings (SSSR count). The summed E-state index contributed by atoms with van der Waals surface area (Å²) in [7, 11) is 0. The Bertz CT molecular complexity index is 363. The van der Waals surface area contributed by atoms with Crippen LogP contribution < -0.4 is 5.32 Å². The standard InChI is InChI=1S/C14H22N2O2/c1-3-12-5-7-13(8-6-12)15-14(18)11-16(4-2)9-10-17/h5-8,17H,3-4,9-11H2,1-2H3,(H,15,18). The molecule has 1 aromatic carbocycles. The Morgan fingerprint density at radius 2 is 1.94 bits per heavy atom. The molecule has 18 heavy (non-hydrogen) atoms. The minimum absolute atomic E-state index is 0.0467. The third-order valence-corrected chi connectivity index (χ3v) is 2.88. The monoisotopic (exact) mass is 250 g/mol. The molecule has 1 amide bonds. The number of likely N-dealkylation sites (N-methyl/N-ethyl adjacent to an activating group) is 1.